The topological polar surface area (TPSA) is 74.9 Å². The van der Waals surface area contributed by atoms with Crippen molar-refractivity contribution in [1.82, 2.24) is 9.55 Å². The summed E-state index contributed by atoms with van der Waals surface area (Å²) in [5, 5.41) is 0. The zero-order valence-electron chi connectivity index (χ0n) is 25.1. The number of rotatable bonds is 7. The van der Waals surface area contributed by atoms with E-state index in [-0.39, 0.29) is 5.54 Å². The Morgan fingerprint density at radius 3 is 2.44 bits per heavy atom. The number of para-hydroxylation sites is 1. The zero-order valence-corrected chi connectivity index (χ0v) is 25.1. The van der Waals surface area contributed by atoms with Crippen LogP contribution in [0, 0.1) is 6.92 Å². The fraction of sp³-hybridized carbons (Fsp3) is 0.382. The molecule has 5 rings (SSSR count). The van der Waals surface area contributed by atoms with Crippen molar-refractivity contribution in [1.29, 1.82) is 0 Å². The molecule has 2 heterocycles. The second-order valence-corrected chi connectivity index (χ2v) is 12.3. The summed E-state index contributed by atoms with van der Waals surface area (Å²) >= 11 is 0. The van der Waals surface area contributed by atoms with Crippen molar-refractivity contribution >= 4 is 23.1 Å². The van der Waals surface area contributed by atoms with Crippen molar-refractivity contribution in [3.05, 3.63) is 83.2 Å². The number of hydrogen-bond donors (Lipinski definition) is 0. The molecule has 0 amide bonds. The van der Waals surface area contributed by atoms with Crippen molar-refractivity contribution in [2.45, 2.75) is 79.0 Å². The monoisotopic (exact) mass is 553 g/mol. The maximum absolute atomic E-state index is 12.3. The Kier molecular flexibility index (Phi) is 7.64. The number of ether oxygens (including phenoxy) is 3. The third kappa shape index (κ3) is 6.45. The Morgan fingerprint density at radius 2 is 1.78 bits per heavy atom. The Labute approximate surface area is 242 Å². The fourth-order valence-corrected chi connectivity index (χ4v) is 5.01. The summed E-state index contributed by atoms with van der Waals surface area (Å²) in [6.07, 6.45) is 1.18. The Balaban J connectivity index is 1.45. The van der Waals surface area contributed by atoms with Crippen LogP contribution in [0.5, 0.6) is 5.75 Å². The number of nitrogens with zero attached hydrogens (tertiary/aromatic N) is 3. The number of aromatic nitrogens is 2. The van der Waals surface area contributed by atoms with E-state index in [1.54, 1.807) is 6.07 Å². The number of carbonyl (C=O) groups excluding carboxylic acids is 1. The molecule has 7 heteroatoms. The van der Waals surface area contributed by atoms with Crippen LogP contribution in [0.3, 0.4) is 0 Å². The van der Waals surface area contributed by atoms with Gasteiger partial charge in [-0.2, -0.15) is 0 Å². The SMILES string of the molecule is CCCc1nc2c(C)cc(C3=NC(C)(C)CO3)cc2n1Cc1ccc(-c2ccccc2OC(=O)OC(C)(C)C)cc1. The standard InChI is InChI=1S/C34H39N3O4/c1-8-11-29-35-30-22(2)18-25(31-36-34(6,7)21-39-31)19-27(30)37(29)20-23-14-16-24(17-15-23)26-12-9-10-13-28(26)40-32(38)41-33(3,4)5/h9-10,12-19H,8,11,20-21H2,1-7H3. The third-order valence-corrected chi connectivity index (χ3v) is 6.89. The molecular formula is C34H39N3O4. The van der Waals surface area contributed by atoms with Crippen LogP contribution in [0.15, 0.2) is 65.7 Å². The number of benzene rings is 3. The van der Waals surface area contributed by atoms with Crippen molar-refractivity contribution in [3.8, 4) is 16.9 Å². The summed E-state index contributed by atoms with van der Waals surface area (Å²) in [6, 6.07) is 20.1. The molecule has 0 fully saturated rings. The van der Waals surface area contributed by atoms with E-state index in [0.717, 1.165) is 57.5 Å². The molecule has 7 nitrogen and oxygen atoms in total. The normalized spacial score (nSPS) is 14.6. The molecule has 214 valence electrons. The largest absolute Gasteiger partial charge is 0.514 e. The Hall–Kier alpha value is -4.13. The van der Waals surface area contributed by atoms with Crippen molar-refractivity contribution in [2.75, 3.05) is 6.61 Å². The molecular weight excluding hydrogens is 514 g/mol. The first-order valence-corrected chi connectivity index (χ1v) is 14.2. The third-order valence-electron chi connectivity index (χ3n) is 6.89. The average Bonchev–Trinajstić information content (AvgIpc) is 3.44. The first kappa shape index (κ1) is 28.4. The van der Waals surface area contributed by atoms with Gasteiger partial charge in [0.15, 0.2) is 0 Å². The molecule has 0 aliphatic carbocycles. The molecule has 41 heavy (non-hydrogen) atoms. The number of hydrogen-bond acceptors (Lipinski definition) is 6. The van der Waals surface area contributed by atoms with E-state index < -0.39 is 11.8 Å². The van der Waals surface area contributed by atoms with E-state index >= 15 is 0 Å². The van der Waals surface area contributed by atoms with E-state index in [9.17, 15) is 4.79 Å². The summed E-state index contributed by atoms with van der Waals surface area (Å²) in [5.74, 6) is 2.22. The number of carbonyl (C=O) groups is 1. The average molecular weight is 554 g/mol. The molecule has 4 aromatic rings. The smallest absolute Gasteiger partial charge is 0.475 e. The van der Waals surface area contributed by atoms with Gasteiger partial charge in [-0.25, -0.2) is 14.8 Å². The molecule has 3 aromatic carbocycles. The van der Waals surface area contributed by atoms with Crippen molar-refractivity contribution in [2.24, 2.45) is 4.99 Å². The minimum Gasteiger partial charge on any atom is -0.475 e. The molecule has 0 N–H and O–H groups in total. The summed E-state index contributed by atoms with van der Waals surface area (Å²) in [4.78, 5) is 22.2. The summed E-state index contributed by atoms with van der Waals surface area (Å²) in [5.41, 5.74) is 6.27. The molecule has 1 aromatic heterocycles. The molecule has 0 atom stereocenters. The van der Waals surface area contributed by atoms with Gasteiger partial charge < -0.3 is 18.8 Å². The van der Waals surface area contributed by atoms with Gasteiger partial charge in [0, 0.05) is 24.1 Å². The van der Waals surface area contributed by atoms with Gasteiger partial charge in [-0.05, 0) is 82.9 Å². The maximum Gasteiger partial charge on any atom is 0.514 e. The number of fused-ring (bicyclic) bond motifs is 1. The number of imidazole rings is 1. The molecule has 1 aliphatic heterocycles. The van der Waals surface area contributed by atoms with Crippen molar-refractivity contribution < 1.29 is 19.0 Å². The first-order valence-electron chi connectivity index (χ1n) is 14.2. The molecule has 0 bridgehead atoms. The highest BCUT2D eigenvalue weighted by atomic mass is 16.7. The highest BCUT2D eigenvalue weighted by Crippen LogP contribution is 2.32. The van der Waals surface area contributed by atoms with Gasteiger partial charge >= 0.3 is 6.16 Å². The Morgan fingerprint density at radius 1 is 1.05 bits per heavy atom. The van der Waals surface area contributed by atoms with E-state index in [2.05, 4.69) is 68.7 Å². The number of aliphatic imine (C=N–C) groups is 1. The lowest BCUT2D eigenvalue weighted by Crippen LogP contribution is -2.26. The predicted octanol–water partition coefficient (Wildman–Crippen LogP) is 7.88. The summed E-state index contributed by atoms with van der Waals surface area (Å²) in [6.45, 7) is 15.2. The highest BCUT2D eigenvalue weighted by molar-refractivity contribution is 5.99. The number of aryl methyl sites for hydroxylation is 2. The second-order valence-electron chi connectivity index (χ2n) is 12.3. The van der Waals surface area contributed by atoms with E-state index in [1.807, 2.05) is 39.0 Å². The lowest BCUT2D eigenvalue weighted by molar-refractivity contribution is 0.0207. The molecule has 0 spiro atoms. The minimum absolute atomic E-state index is 0.218. The van der Waals surface area contributed by atoms with Crippen LogP contribution >= 0.6 is 0 Å². The lowest BCUT2D eigenvalue weighted by Gasteiger charge is -2.19. The Bertz CT molecular complexity index is 1610. The van der Waals surface area contributed by atoms with E-state index in [0.29, 0.717) is 24.8 Å². The van der Waals surface area contributed by atoms with Gasteiger partial charge in [-0.3, -0.25) is 0 Å². The summed E-state index contributed by atoms with van der Waals surface area (Å²) in [7, 11) is 0. The maximum atomic E-state index is 12.3. The first-order chi connectivity index (χ1) is 19.4. The molecule has 0 unspecified atom stereocenters. The molecule has 0 saturated carbocycles. The van der Waals surface area contributed by atoms with Crippen LogP contribution < -0.4 is 4.74 Å². The van der Waals surface area contributed by atoms with Gasteiger partial charge in [0.05, 0.1) is 16.6 Å². The van der Waals surface area contributed by atoms with Gasteiger partial charge in [0.1, 0.15) is 23.8 Å². The van der Waals surface area contributed by atoms with Crippen LogP contribution in [0.1, 0.15) is 70.5 Å². The lowest BCUT2D eigenvalue weighted by atomic mass is 10.0. The molecule has 1 aliphatic rings. The van der Waals surface area contributed by atoms with E-state index in [4.69, 9.17) is 24.2 Å². The molecule has 0 radical (unpaired) electrons. The van der Waals surface area contributed by atoms with Crippen LogP contribution in [-0.2, 0) is 22.4 Å². The highest BCUT2D eigenvalue weighted by Gasteiger charge is 2.28. The second kappa shape index (κ2) is 11.0. The van der Waals surface area contributed by atoms with Crippen LogP contribution in [0.4, 0.5) is 4.79 Å². The van der Waals surface area contributed by atoms with Gasteiger partial charge in [-0.1, -0.05) is 49.4 Å². The van der Waals surface area contributed by atoms with Crippen LogP contribution in [-0.4, -0.2) is 39.4 Å². The van der Waals surface area contributed by atoms with Gasteiger partial charge in [-0.15, -0.1) is 0 Å². The van der Waals surface area contributed by atoms with E-state index in [1.165, 1.54) is 0 Å². The van der Waals surface area contributed by atoms with Gasteiger partial charge in [0.2, 0.25) is 5.90 Å². The van der Waals surface area contributed by atoms with Crippen LogP contribution in [0.2, 0.25) is 0 Å². The van der Waals surface area contributed by atoms with Gasteiger partial charge in [0.25, 0.3) is 0 Å². The van der Waals surface area contributed by atoms with Crippen LogP contribution in [0.25, 0.3) is 22.2 Å². The minimum atomic E-state index is -0.718. The zero-order chi connectivity index (χ0) is 29.4. The van der Waals surface area contributed by atoms with Crippen molar-refractivity contribution in [3.63, 3.8) is 0 Å². The fourth-order valence-electron chi connectivity index (χ4n) is 5.01. The molecule has 0 saturated heterocycles. The summed E-state index contributed by atoms with van der Waals surface area (Å²) < 4.78 is 19.2. The quantitative estimate of drug-likeness (QED) is 0.172. The predicted molar refractivity (Wildman–Crippen MR) is 163 cm³/mol.